The van der Waals surface area contributed by atoms with Gasteiger partial charge in [-0.1, -0.05) is 36.0 Å². The van der Waals surface area contributed by atoms with Crippen molar-refractivity contribution in [3.8, 4) is 0 Å². The van der Waals surface area contributed by atoms with Crippen LogP contribution in [0.1, 0.15) is 34.5 Å². The Morgan fingerprint density at radius 1 is 1.24 bits per heavy atom. The van der Waals surface area contributed by atoms with Crippen LogP contribution in [0.5, 0.6) is 0 Å². The number of rotatable bonds is 7. The Balaban J connectivity index is 1.24. The molecule has 1 N–H and O–H groups in total. The lowest BCUT2D eigenvalue weighted by Gasteiger charge is -2.19. The Labute approximate surface area is 197 Å². The number of H-pyrrole nitrogens is 1. The summed E-state index contributed by atoms with van der Waals surface area (Å²) in [5.74, 6) is 0.948. The summed E-state index contributed by atoms with van der Waals surface area (Å²) in [6, 6.07) is 13.5. The summed E-state index contributed by atoms with van der Waals surface area (Å²) in [6.07, 6.45) is 5.75. The largest absolute Gasteiger partial charge is 0.467 e. The Morgan fingerprint density at radius 2 is 2.12 bits per heavy atom. The monoisotopic (exact) mass is 479 g/mol. The fourth-order valence-corrected chi connectivity index (χ4v) is 4.75. The van der Waals surface area contributed by atoms with E-state index in [1.54, 1.807) is 41.9 Å². The molecule has 1 aliphatic heterocycles. The molecule has 166 valence electrons. The highest BCUT2D eigenvalue weighted by Gasteiger charge is 2.35. The molecule has 1 unspecified atom stereocenters. The first-order chi connectivity index (χ1) is 16.2. The van der Waals surface area contributed by atoms with Crippen LogP contribution in [0.15, 0.2) is 74.8 Å². The van der Waals surface area contributed by atoms with E-state index in [2.05, 4.69) is 20.3 Å². The Kier molecular flexibility index (Phi) is 6.18. The van der Waals surface area contributed by atoms with Gasteiger partial charge in [0.2, 0.25) is 5.16 Å². The number of aromatic nitrogens is 3. The maximum absolute atomic E-state index is 13.0. The summed E-state index contributed by atoms with van der Waals surface area (Å²) in [5, 5.41) is 15.5. The van der Waals surface area contributed by atoms with E-state index in [-0.39, 0.29) is 23.5 Å². The molecule has 4 aromatic rings. The molecule has 0 saturated heterocycles. The number of halogens is 1. The van der Waals surface area contributed by atoms with Gasteiger partial charge in [0, 0.05) is 6.42 Å². The molecule has 0 saturated carbocycles. The number of carbonyl (C=O) groups excluding carboxylic acids is 1. The van der Waals surface area contributed by atoms with E-state index in [4.69, 9.17) is 4.42 Å². The lowest BCUT2D eigenvalue weighted by Crippen LogP contribution is -2.28. The maximum atomic E-state index is 13.0. The zero-order valence-electron chi connectivity index (χ0n) is 17.2. The highest BCUT2D eigenvalue weighted by atomic mass is 32.2. The van der Waals surface area contributed by atoms with Crippen molar-refractivity contribution in [3.05, 3.63) is 88.0 Å². The van der Waals surface area contributed by atoms with Gasteiger partial charge in [-0.2, -0.15) is 5.10 Å². The molecule has 3 aromatic heterocycles. The summed E-state index contributed by atoms with van der Waals surface area (Å²) in [4.78, 5) is 18.5. The number of amides is 1. The number of benzene rings is 1. The van der Waals surface area contributed by atoms with Gasteiger partial charge in [-0.05, 0) is 47.4 Å². The molecule has 10 heteroatoms. The fourth-order valence-electron chi connectivity index (χ4n) is 3.37. The predicted molar refractivity (Wildman–Crippen MR) is 126 cm³/mol. The standard InChI is InChI=1S/C23H18FN5O2S2/c24-16-8-5-15(6-9-16)7-10-21-25-23(27-26-21)33-14-22(30)29-18(19-3-1-11-31-19)13-17(28-29)20-4-2-12-32-20/h1-12,18H,13-14H2,(H,25,26,27)/b10-7+. The number of aromatic amines is 1. The maximum Gasteiger partial charge on any atom is 0.253 e. The fraction of sp³-hybridized carbons (Fsp3) is 0.130. The number of nitrogens with zero attached hydrogens (tertiary/aromatic N) is 4. The van der Waals surface area contributed by atoms with E-state index in [0.29, 0.717) is 23.2 Å². The molecule has 1 amide bonds. The second-order valence-electron chi connectivity index (χ2n) is 7.17. The number of thioether (sulfide) groups is 1. The molecule has 4 heterocycles. The van der Waals surface area contributed by atoms with Gasteiger partial charge in [0.1, 0.15) is 23.4 Å². The molecule has 33 heavy (non-hydrogen) atoms. The lowest BCUT2D eigenvalue weighted by molar-refractivity contribution is -0.130. The molecule has 0 spiro atoms. The summed E-state index contributed by atoms with van der Waals surface area (Å²) in [6.45, 7) is 0. The highest BCUT2D eigenvalue weighted by molar-refractivity contribution is 7.99. The molecular weight excluding hydrogens is 461 g/mol. The first-order valence-electron chi connectivity index (χ1n) is 10.1. The van der Waals surface area contributed by atoms with Crippen molar-refractivity contribution in [2.24, 2.45) is 5.10 Å². The van der Waals surface area contributed by atoms with E-state index in [9.17, 15) is 9.18 Å². The second kappa shape index (κ2) is 9.55. The van der Waals surface area contributed by atoms with Crippen molar-refractivity contribution in [3.63, 3.8) is 0 Å². The minimum Gasteiger partial charge on any atom is -0.467 e. The van der Waals surface area contributed by atoms with Gasteiger partial charge in [0.05, 0.1) is 22.6 Å². The van der Waals surface area contributed by atoms with Crippen molar-refractivity contribution in [2.45, 2.75) is 17.6 Å². The summed E-state index contributed by atoms with van der Waals surface area (Å²) >= 11 is 2.83. The van der Waals surface area contributed by atoms with Crippen LogP contribution in [0.25, 0.3) is 12.2 Å². The molecule has 0 radical (unpaired) electrons. The van der Waals surface area contributed by atoms with Gasteiger partial charge in [-0.15, -0.1) is 16.4 Å². The Morgan fingerprint density at radius 3 is 2.88 bits per heavy atom. The second-order valence-corrected chi connectivity index (χ2v) is 9.06. The molecule has 1 aromatic carbocycles. The van der Waals surface area contributed by atoms with E-state index in [1.807, 2.05) is 29.6 Å². The minimum atomic E-state index is -0.283. The Bertz CT molecular complexity index is 1280. The summed E-state index contributed by atoms with van der Waals surface area (Å²) in [7, 11) is 0. The van der Waals surface area contributed by atoms with Crippen LogP contribution in [0, 0.1) is 5.82 Å². The van der Waals surface area contributed by atoms with Crippen LogP contribution in [0.3, 0.4) is 0 Å². The molecular formula is C23H18FN5O2S2. The lowest BCUT2D eigenvalue weighted by atomic mass is 10.1. The third kappa shape index (κ3) is 4.96. The van der Waals surface area contributed by atoms with Gasteiger partial charge >= 0.3 is 0 Å². The van der Waals surface area contributed by atoms with Crippen molar-refractivity contribution >= 4 is 46.9 Å². The van der Waals surface area contributed by atoms with Crippen molar-refractivity contribution in [1.82, 2.24) is 20.2 Å². The zero-order valence-corrected chi connectivity index (χ0v) is 18.9. The first kappa shape index (κ1) is 21.4. The van der Waals surface area contributed by atoms with Crippen molar-refractivity contribution in [2.75, 3.05) is 5.75 Å². The molecule has 1 aliphatic rings. The number of hydrogen-bond acceptors (Lipinski definition) is 7. The summed E-state index contributed by atoms with van der Waals surface area (Å²) in [5.41, 5.74) is 1.71. The van der Waals surface area contributed by atoms with Crippen LogP contribution in [-0.2, 0) is 4.79 Å². The van der Waals surface area contributed by atoms with E-state index in [0.717, 1.165) is 16.2 Å². The van der Waals surface area contributed by atoms with Gasteiger partial charge in [0.25, 0.3) is 5.91 Å². The summed E-state index contributed by atoms with van der Waals surface area (Å²) < 4.78 is 18.6. The van der Waals surface area contributed by atoms with Gasteiger partial charge in [0.15, 0.2) is 0 Å². The third-order valence-corrected chi connectivity index (χ3v) is 6.70. The smallest absolute Gasteiger partial charge is 0.253 e. The quantitative estimate of drug-likeness (QED) is 0.366. The molecule has 0 aliphatic carbocycles. The molecule has 0 bridgehead atoms. The van der Waals surface area contributed by atoms with Crippen LogP contribution in [0.4, 0.5) is 4.39 Å². The number of thiophene rings is 1. The molecule has 0 fully saturated rings. The average Bonchev–Trinajstić information content (AvgIpc) is 3.63. The number of furan rings is 1. The number of hydrazone groups is 1. The molecule has 5 rings (SSSR count). The minimum absolute atomic E-state index is 0.136. The Hall–Kier alpha value is -3.50. The van der Waals surface area contributed by atoms with Crippen LogP contribution >= 0.6 is 23.1 Å². The van der Waals surface area contributed by atoms with Crippen molar-refractivity contribution in [1.29, 1.82) is 0 Å². The number of nitrogens with one attached hydrogen (secondary N) is 1. The van der Waals surface area contributed by atoms with E-state index < -0.39 is 0 Å². The van der Waals surface area contributed by atoms with Gasteiger partial charge < -0.3 is 4.42 Å². The van der Waals surface area contributed by atoms with E-state index >= 15 is 0 Å². The van der Waals surface area contributed by atoms with Crippen LogP contribution < -0.4 is 0 Å². The topological polar surface area (TPSA) is 87.4 Å². The number of carbonyl (C=O) groups is 1. The predicted octanol–water partition coefficient (Wildman–Crippen LogP) is 5.24. The molecule has 7 nitrogen and oxygen atoms in total. The zero-order chi connectivity index (χ0) is 22.6. The van der Waals surface area contributed by atoms with Crippen LogP contribution in [0.2, 0.25) is 0 Å². The SMILES string of the molecule is O=C(CSc1n[nH]c(/C=C/c2ccc(F)cc2)n1)N1N=C(c2cccs2)CC1c1ccco1. The highest BCUT2D eigenvalue weighted by Crippen LogP contribution is 2.34. The van der Waals surface area contributed by atoms with E-state index in [1.165, 1.54) is 28.9 Å². The van der Waals surface area contributed by atoms with Crippen molar-refractivity contribution < 1.29 is 13.6 Å². The third-order valence-electron chi connectivity index (χ3n) is 4.95. The normalized spacial score (nSPS) is 16.0. The van der Waals surface area contributed by atoms with Gasteiger partial charge in [-0.3, -0.25) is 9.89 Å². The number of hydrogen-bond donors (Lipinski definition) is 1. The average molecular weight is 480 g/mol. The molecule has 1 atom stereocenters. The first-order valence-corrected chi connectivity index (χ1v) is 12.0. The van der Waals surface area contributed by atoms with Gasteiger partial charge in [-0.25, -0.2) is 14.4 Å². The van der Waals surface area contributed by atoms with Crippen LogP contribution in [-0.4, -0.2) is 37.6 Å².